The summed E-state index contributed by atoms with van der Waals surface area (Å²) in [7, 11) is 1.64. The molecule has 1 aromatic carbocycles. The third-order valence-electron chi connectivity index (χ3n) is 4.17. The largest absolute Gasteiger partial charge is 0.495 e. The molecule has 2 nitrogen and oxygen atoms in total. The van der Waals surface area contributed by atoms with Crippen molar-refractivity contribution in [3.05, 3.63) is 28.3 Å². The van der Waals surface area contributed by atoms with Crippen molar-refractivity contribution in [2.45, 2.75) is 43.6 Å². The Morgan fingerprint density at radius 1 is 1.26 bits per heavy atom. The van der Waals surface area contributed by atoms with Gasteiger partial charge in [-0.3, -0.25) is 0 Å². The lowest BCUT2D eigenvalue weighted by Gasteiger charge is -2.14. The van der Waals surface area contributed by atoms with Gasteiger partial charge in [0.05, 0.1) is 18.2 Å². The van der Waals surface area contributed by atoms with Gasteiger partial charge in [0.25, 0.3) is 0 Å². The van der Waals surface area contributed by atoms with Crippen LogP contribution in [0.15, 0.2) is 12.1 Å². The van der Waals surface area contributed by atoms with Gasteiger partial charge in [-0.05, 0) is 42.7 Å². The SMILES string of the molecule is COc1cc(Cl)c(C2(C)CC2)cc1C#CC1(N)CC1. The summed E-state index contributed by atoms with van der Waals surface area (Å²) in [5.41, 5.74) is 8.04. The molecule has 2 saturated carbocycles. The van der Waals surface area contributed by atoms with Crippen LogP contribution in [0, 0.1) is 11.8 Å². The second-order valence-electron chi connectivity index (χ2n) is 6.00. The molecule has 0 atom stereocenters. The van der Waals surface area contributed by atoms with Crippen molar-refractivity contribution in [3.8, 4) is 17.6 Å². The van der Waals surface area contributed by atoms with Crippen molar-refractivity contribution in [1.82, 2.24) is 0 Å². The minimum Gasteiger partial charge on any atom is -0.495 e. The molecule has 2 N–H and O–H groups in total. The molecule has 0 bridgehead atoms. The number of halogens is 1. The molecule has 0 radical (unpaired) electrons. The monoisotopic (exact) mass is 275 g/mol. The highest BCUT2D eigenvalue weighted by molar-refractivity contribution is 6.31. The minimum atomic E-state index is -0.270. The molecule has 3 rings (SSSR count). The van der Waals surface area contributed by atoms with E-state index in [1.54, 1.807) is 7.11 Å². The molecule has 3 heteroatoms. The Labute approximate surface area is 119 Å². The predicted octanol–water partition coefficient (Wildman–Crippen LogP) is 3.24. The molecule has 0 heterocycles. The predicted molar refractivity (Wildman–Crippen MR) is 77.6 cm³/mol. The molecule has 100 valence electrons. The summed E-state index contributed by atoms with van der Waals surface area (Å²) in [5.74, 6) is 7.05. The van der Waals surface area contributed by atoms with E-state index in [4.69, 9.17) is 22.1 Å². The van der Waals surface area contributed by atoms with Gasteiger partial charge < -0.3 is 10.5 Å². The van der Waals surface area contributed by atoms with E-state index in [0.29, 0.717) is 0 Å². The summed E-state index contributed by atoms with van der Waals surface area (Å²) < 4.78 is 5.37. The van der Waals surface area contributed by atoms with Crippen LogP contribution < -0.4 is 10.5 Å². The molecule has 0 spiro atoms. The molecular weight excluding hydrogens is 258 g/mol. The zero-order chi connectivity index (χ0) is 13.7. The summed E-state index contributed by atoms with van der Waals surface area (Å²) >= 11 is 6.35. The molecule has 1 aromatic rings. The first kappa shape index (κ1) is 12.8. The van der Waals surface area contributed by atoms with E-state index in [2.05, 4.69) is 24.8 Å². The van der Waals surface area contributed by atoms with E-state index in [1.165, 1.54) is 18.4 Å². The number of rotatable bonds is 2. The first-order valence-corrected chi connectivity index (χ1v) is 7.04. The normalized spacial score (nSPS) is 21.3. The molecule has 0 aliphatic heterocycles. The third kappa shape index (κ3) is 2.45. The Balaban J connectivity index is 2.03. The van der Waals surface area contributed by atoms with Gasteiger partial charge in [-0.2, -0.15) is 0 Å². The highest BCUT2D eigenvalue weighted by Crippen LogP contribution is 2.51. The van der Waals surface area contributed by atoms with E-state index in [-0.39, 0.29) is 11.0 Å². The van der Waals surface area contributed by atoms with Crippen LogP contribution in [0.4, 0.5) is 0 Å². The lowest BCUT2D eigenvalue weighted by molar-refractivity contribution is 0.413. The smallest absolute Gasteiger partial charge is 0.135 e. The quantitative estimate of drug-likeness (QED) is 0.841. The standard InChI is InChI=1S/C16H18ClNO/c1-15(5-6-15)12-9-11(3-4-16(18)7-8-16)14(19-2)10-13(12)17/h9-10H,5-8,18H2,1-2H3. The van der Waals surface area contributed by atoms with Gasteiger partial charge in [0.15, 0.2) is 0 Å². The van der Waals surface area contributed by atoms with Crippen LogP contribution in [-0.4, -0.2) is 12.6 Å². The highest BCUT2D eigenvalue weighted by Gasteiger charge is 2.41. The van der Waals surface area contributed by atoms with Gasteiger partial charge >= 0.3 is 0 Å². The van der Waals surface area contributed by atoms with Crippen molar-refractivity contribution in [2.24, 2.45) is 5.73 Å². The van der Waals surface area contributed by atoms with E-state index in [0.717, 1.165) is 29.2 Å². The first-order valence-electron chi connectivity index (χ1n) is 6.66. The molecule has 2 aliphatic carbocycles. The van der Waals surface area contributed by atoms with Crippen LogP contribution in [0.5, 0.6) is 5.75 Å². The van der Waals surface area contributed by atoms with Gasteiger partial charge in [-0.1, -0.05) is 30.4 Å². The average molecular weight is 276 g/mol. The van der Waals surface area contributed by atoms with E-state index in [1.807, 2.05) is 6.07 Å². The van der Waals surface area contributed by atoms with Crippen LogP contribution in [0.3, 0.4) is 0 Å². The van der Waals surface area contributed by atoms with Crippen molar-refractivity contribution < 1.29 is 4.74 Å². The van der Waals surface area contributed by atoms with Crippen LogP contribution in [-0.2, 0) is 5.41 Å². The zero-order valence-electron chi connectivity index (χ0n) is 11.3. The Morgan fingerprint density at radius 2 is 1.95 bits per heavy atom. The Morgan fingerprint density at radius 3 is 2.47 bits per heavy atom. The average Bonchev–Trinajstić information content (AvgIpc) is 3.28. The number of nitrogens with two attached hydrogens (primary N) is 1. The molecule has 2 fully saturated rings. The fourth-order valence-electron chi connectivity index (χ4n) is 2.19. The summed E-state index contributed by atoms with van der Waals surface area (Å²) in [4.78, 5) is 0. The Hall–Kier alpha value is -1.17. The zero-order valence-corrected chi connectivity index (χ0v) is 12.1. The first-order chi connectivity index (χ1) is 8.96. The lowest BCUT2D eigenvalue weighted by Crippen LogP contribution is -2.18. The van der Waals surface area contributed by atoms with Crippen LogP contribution in [0.1, 0.15) is 43.7 Å². The Kier molecular flexibility index (Phi) is 2.81. The maximum absolute atomic E-state index is 6.35. The van der Waals surface area contributed by atoms with Gasteiger partial charge in [0, 0.05) is 11.1 Å². The van der Waals surface area contributed by atoms with E-state index >= 15 is 0 Å². The molecule has 0 amide bonds. The van der Waals surface area contributed by atoms with Crippen LogP contribution in [0.2, 0.25) is 5.02 Å². The van der Waals surface area contributed by atoms with Gasteiger partial charge in [0.2, 0.25) is 0 Å². The molecule has 19 heavy (non-hydrogen) atoms. The van der Waals surface area contributed by atoms with E-state index in [9.17, 15) is 0 Å². The molecule has 0 unspecified atom stereocenters. The van der Waals surface area contributed by atoms with E-state index < -0.39 is 0 Å². The van der Waals surface area contributed by atoms with Crippen molar-refractivity contribution in [1.29, 1.82) is 0 Å². The number of hydrogen-bond donors (Lipinski definition) is 1. The number of hydrogen-bond acceptors (Lipinski definition) is 2. The molecule has 0 saturated heterocycles. The fourth-order valence-corrected chi connectivity index (χ4v) is 2.57. The number of benzene rings is 1. The highest BCUT2D eigenvalue weighted by atomic mass is 35.5. The maximum atomic E-state index is 6.35. The second kappa shape index (κ2) is 4.16. The number of ether oxygens (including phenoxy) is 1. The Bertz CT molecular complexity index is 589. The summed E-state index contributed by atoms with van der Waals surface area (Å²) in [6, 6.07) is 3.95. The van der Waals surface area contributed by atoms with Crippen molar-refractivity contribution in [2.75, 3.05) is 7.11 Å². The van der Waals surface area contributed by atoms with Crippen molar-refractivity contribution >= 4 is 11.6 Å². The molecule has 2 aliphatic rings. The van der Waals surface area contributed by atoms with Gasteiger partial charge in [0.1, 0.15) is 5.75 Å². The third-order valence-corrected chi connectivity index (χ3v) is 4.49. The van der Waals surface area contributed by atoms with Crippen molar-refractivity contribution in [3.63, 3.8) is 0 Å². The summed E-state index contributed by atoms with van der Waals surface area (Å²) in [6.07, 6.45) is 4.35. The van der Waals surface area contributed by atoms with Gasteiger partial charge in [-0.25, -0.2) is 0 Å². The maximum Gasteiger partial charge on any atom is 0.135 e. The molecular formula is C16H18ClNO. The van der Waals surface area contributed by atoms with Crippen LogP contribution >= 0.6 is 11.6 Å². The topological polar surface area (TPSA) is 35.2 Å². The molecule has 0 aromatic heterocycles. The number of methoxy groups -OCH3 is 1. The second-order valence-corrected chi connectivity index (χ2v) is 6.41. The lowest BCUT2D eigenvalue weighted by atomic mass is 9.96. The minimum absolute atomic E-state index is 0.222. The fraction of sp³-hybridized carbons (Fsp3) is 0.500. The van der Waals surface area contributed by atoms with Gasteiger partial charge in [-0.15, -0.1) is 0 Å². The summed E-state index contributed by atoms with van der Waals surface area (Å²) in [6.45, 7) is 2.24. The van der Waals surface area contributed by atoms with Crippen LogP contribution in [0.25, 0.3) is 0 Å². The summed E-state index contributed by atoms with van der Waals surface area (Å²) in [5, 5.41) is 0.774.